The first-order valence-electron chi connectivity index (χ1n) is 7.34. The number of aryl methyl sites for hydroxylation is 2. The maximum Gasteiger partial charge on any atom is 0.251 e. The lowest BCUT2D eigenvalue weighted by Gasteiger charge is -2.10. The van der Waals surface area contributed by atoms with Crippen molar-refractivity contribution in [3.05, 3.63) is 64.2 Å². The average Bonchev–Trinajstić information content (AvgIpc) is 2.92. The Morgan fingerprint density at radius 1 is 1.19 bits per heavy atom. The number of amides is 1. The summed E-state index contributed by atoms with van der Waals surface area (Å²) in [4.78, 5) is 12.4. The van der Waals surface area contributed by atoms with E-state index in [0.717, 1.165) is 35.3 Å². The topological polar surface area (TPSA) is 41.1 Å². The Labute approximate surface area is 125 Å². The summed E-state index contributed by atoms with van der Waals surface area (Å²) in [7, 11) is 0. The maximum atomic E-state index is 12.4. The fourth-order valence-electron chi connectivity index (χ4n) is 2.70. The smallest absolute Gasteiger partial charge is 0.251 e. The van der Waals surface area contributed by atoms with Crippen LogP contribution in [0.3, 0.4) is 0 Å². The lowest BCUT2D eigenvalue weighted by atomic mass is 10.0. The summed E-state index contributed by atoms with van der Waals surface area (Å²) in [6, 6.07) is 12.3. The van der Waals surface area contributed by atoms with Gasteiger partial charge in [-0.1, -0.05) is 35.9 Å². The Balaban J connectivity index is 1.72. The standard InChI is InChI=1S/C18H20N2O/c1-12-3-5-14(6-4-12)11-20-18(21)16-10-17-15(7-8-19-17)9-13(16)2/h3-6,9-10,19H,7-8,11H2,1-2H3,(H,20,21). The van der Waals surface area contributed by atoms with Gasteiger partial charge in [0.05, 0.1) is 0 Å². The minimum Gasteiger partial charge on any atom is -0.384 e. The Hall–Kier alpha value is -2.29. The number of anilines is 1. The molecular formula is C18H20N2O. The molecule has 0 aromatic heterocycles. The zero-order valence-electron chi connectivity index (χ0n) is 12.5. The molecule has 3 heteroatoms. The van der Waals surface area contributed by atoms with Gasteiger partial charge in [0.15, 0.2) is 0 Å². The monoisotopic (exact) mass is 280 g/mol. The molecule has 1 aliphatic heterocycles. The first kappa shape index (κ1) is 13.7. The summed E-state index contributed by atoms with van der Waals surface area (Å²) >= 11 is 0. The van der Waals surface area contributed by atoms with Crippen molar-refractivity contribution >= 4 is 11.6 Å². The molecule has 0 bridgehead atoms. The molecule has 0 fully saturated rings. The number of benzene rings is 2. The van der Waals surface area contributed by atoms with Crippen LogP contribution in [0.2, 0.25) is 0 Å². The van der Waals surface area contributed by atoms with Crippen LogP contribution in [0.5, 0.6) is 0 Å². The first-order valence-corrected chi connectivity index (χ1v) is 7.34. The van der Waals surface area contributed by atoms with E-state index in [4.69, 9.17) is 0 Å². The Kier molecular flexibility index (Phi) is 3.65. The zero-order chi connectivity index (χ0) is 14.8. The number of fused-ring (bicyclic) bond motifs is 1. The van der Waals surface area contributed by atoms with E-state index in [0.29, 0.717) is 6.54 Å². The molecular weight excluding hydrogens is 260 g/mol. The van der Waals surface area contributed by atoms with Crippen LogP contribution in [0.15, 0.2) is 36.4 Å². The molecule has 1 aliphatic rings. The van der Waals surface area contributed by atoms with Crippen molar-refractivity contribution < 1.29 is 4.79 Å². The number of carbonyl (C=O) groups is 1. The van der Waals surface area contributed by atoms with Gasteiger partial charge in [0.1, 0.15) is 0 Å². The summed E-state index contributed by atoms with van der Waals surface area (Å²) in [5.41, 5.74) is 6.55. The molecule has 2 N–H and O–H groups in total. The highest BCUT2D eigenvalue weighted by atomic mass is 16.1. The largest absolute Gasteiger partial charge is 0.384 e. The second kappa shape index (κ2) is 5.60. The highest BCUT2D eigenvalue weighted by Gasteiger charge is 2.16. The zero-order valence-corrected chi connectivity index (χ0v) is 12.5. The summed E-state index contributed by atoms with van der Waals surface area (Å²) in [6.45, 7) is 5.58. The van der Waals surface area contributed by atoms with E-state index < -0.39 is 0 Å². The van der Waals surface area contributed by atoms with Crippen LogP contribution >= 0.6 is 0 Å². The molecule has 0 saturated carbocycles. The van der Waals surface area contributed by atoms with Crippen molar-refractivity contribution in [1.29, 1.82) is 0 Å². The Bertz CT molecular complexity index is 674. The lowest BCUT2D eigenvalue weighted by molar-refractivity contribution is 0.0950. The number of carbonyl (C=O) groups excluding carboxylic acids is 1. The van der Waals surface area contributed by atoms with Crippen molar-refractivity contribution in [2.24, 2.45) is 0 Å². The summed E-state index contributed by atoms with van der Waals surface area (Å²) in [5.74, 6) is -0.00965. The molecule has 1 heterocycles. The minimum absolute atomic E-state index is 0.00965. The summed E-state index contributed by atoms with van der Waals surface area (Å²) in [6.07, 6.45) is 1.04. The second-order valence-corrected chi connectivity index (χ2v) is 5.67. The van der Waals surface area contributed by atoms with E-state index >= 15 is 0 Å². The van der Waals surface area contributed by atoms with Crippen molar-refractivity contribution in [1.82, 2.24) is 5.32 Å². The molecule has 21 heavy (non-hydrogen) atoms. The quantitative estimate of drug-likeness (QED) is 0.906. The first-order chi connectivity index (χ1) is 10.1. The van der Waals surface area contributed by atoms with Crippen LogP contribution in [0.1, 0.15) is 32.6 Å². The minimum atomic E-state index is -0.00965. The van der Waals surface area contributed by atoms with Crippen LogP contribution in [-0.2, 0) is 13.0 Å². The lowest BCUT2D eigenvalue weighted by Crippen LogP contribution is -2.23. The van der Waals surface area contributed by atoms with Gasteiger partial charge >= 0.3 is 0 Å². The highest BCUT2D eigenvalue weighted by Crippen LogP contribution is 2.26. The van der Waals surface area contributed by atoms with Gasteiger partial charge in [-0.05, 0) is 43.0 Å². The molecule has 2 aromatic carbocycles. The number of hydrogen-bond acceptors (Lipinski definition) is 2. The van der Waals surface area contributed by atoms with Crippen molar-refractivity contribution in [2.75, 3.05) is 11.9 Å². The van der Waals surface area contributed by atoms with Gasteiger partial charge in [0, 0.05) is 24.3 Å². The van der Waals surface area contributed by atoms with Crippen molar-refractivity contribution in [2.45, 2.75) is 26.8 Å². The van der Waals surface area contributed by atoms with Gasteiger partial charge in [0.25, 0.3) is 5.91 Å². The van der Waals surface area contributed by atoms with Gasteiger partial charge < -0.3 is 10.6 Å². The van der Waals surface area contributed by atoms with Gasteiger partial charge in [-0.3, -0.25) is 4.79 Å². The van der Waals surface area contributed by atoms with Gasteiger partial charge in [-0.25, -0.2) is 0 Å². The van der Waals surface area contributed by atoms with E-state index in [1.807, 2.05) is 25.1 Å². The SMILES string of the molecule is Cc1ccc(CNC(=O)c2cc3c(cc2C)CCN3)cc1. The number of nitrogens with one attached hydrogen (secondary N) is 2. The molecule has 3 rings (SSSR count). The summed E-state index contributed by atoms with van der Waals surface area (Å²) < 4.78 is 0. The average molecular weight is 280 g/mol. The second-order valence-electron chi connectivity index (χ2n) is 5.67. The molecule has 108 valence electrons. The van der Waals surface area contributed by atoms with Crippen LogP contribution in [0, 0.1) is 13.8 Å². The van der Waals surface area contributed by atoms with E-state index in [9.17, 15) is 4.79 Å². The number of rotatable bonds is 3. The molecule has 0 aliphatic carbocycles. The van der Waals surface area contributed by atoms with Gasteiger partial charge in [-0.2, -0.15) is 0 Å². The number of hydrogen-bond donors (Lipinski definition) is 2. The van der Waals surface area contributed by atoms with Crippen LogP contribution in [0.4, 0.5) is 5.69 Å². The third kappa shape index (κ3) is 2.92. The molecule has 0 spiro atoms. The van der Waals surface area contributed by atoms with Crippen LogP contribution < -0.4 is 10.6 Å². The van der Waals surface area contributed by atoms with Crippen molar-refractivity contribution in [3.8, 4) is 0 Å². The maximum absolute atomic E-state index is 12.4. The molecule has 0 atom stereocenters. The fraction of sp³-hybridized carbons (Fsp3) is 0.278. The highest BCUT2D eigenvalue weighted by molar-refractivity contribution is 5.97. The van der Waals surface area contributed by atoms with E-state index in [1.165, 1.54) is 11.1 Å². The molecule has 0 unspecified atom stereocenters. The fourth-order valence-corrected chi connectivity index (χ4v) is 2.70. The van der Waals surface area contributed by atoms with E-state index in [1.54, 1.807) is 0 Å². The molecule has 0 radical (unpaired) electrons. The molecule has 3 nitrogen and oxygen atoms in total. The normalized spacial score (nSPS) is 12.7. The van der Waals surface area contributed by atoms with Crippen molar-refractivity contribution in [3.63, 3.8) is 0 Å². The van der Waals surface area contributed by atoms with E-state index in [-0.39, 0.29) is 5.91 Å². The third-order valence-corrected chi connectivity index (χ3v) is 3.98. The third-order valence-electron chi connectivity index (χ3n) is 3.98. The Morgan fingerprint density at radius 2 is 1.95 bits per heavy atom. The van der Waals surface area contributed by atoms with Crippen LogP contribution in [-0.4, -0.2) is 12.5 Å². The van der Waals surface area contributed by atoms with E-state index in [2.05, 4.69) is 35.8 Å². The predicted octanol–water partition coefficient (Wildman–Crippen LogP) is 3.20. The Morgan fingerprint density at radius 3 is 2.71 bits per heavy atom. The molecule has 0 saturated heterocycles. The summed E-state index contributed by atoms with van der Waals surface area (Å²) in [5, 5.41) is 6.32. The van der Waals surface area contributed by atoms with Gasteiger partial charge in [0.2, 0.25) is 0 Å². The van der Waals surface area contributed by atoms with Gasteiger partial charge in [-0.15, -0.1) is 0 Å². The molecule has 2 aromatic rings. The predicted molar refractivity (Wildman–Crippen MR) is 85.7 cm³/mol. The van der Waals surface area contributed by atoms with Crippen LogP contribution in [0.25, 0.3) is 0 Å². The molecule has 1 amide bonds.